The Hall–Kier alpha value is -4.47. The predicted molar refractivity (Wildman–Crippen MR) is 133 cm³/mol. The summed E-state index contributed by atoms with van der Waals surface area (Å²) in [7, 11) is 0. The van der Waals surface area contributed by atoms with Crippen LogP contribution in [0.15, 0.2) is 83.9 Å². The van der Waals surface area contributed by atoms with Crippen LogP contribution in [0.4, 0.5) is 13.2 Å². The number of alkyl halides is 3. The van der Waals surface area contributed by atoms with Crippen LogP contribution in [0.2, 0.25) is 0 Å². The van der Waals surface area contributed by atoms with Crippen molar-refractivity contribution < 1.29 is 27.6 Å². The summed E-state index contributed by atoms with van der Waals surface area (Å²) in [6.45, 7) is 1.02. The number of fused-ring (bicyclic) bond motifs is 1. The fraction of sp³-hybridized carbons (Fsp3) is 0.214. The van der Waals surface area contributed by atoms with Crippen molar-refractivity contribution in [2.45, 2.75) is 24.7 Å². The fourth-order valence-electron chi connectivity index (χ4n) is 5.05. The van der Waals surface area contributed by atoms with Gasteiger partial charge in [0, 0.05) is 42.2 Å². The van der Waals surface area contributed by atoms with E-state index < -0.39 is 17.9 Å². The Bertz CT molecular complexity index is 1420. The summed E-state index contributed by atoms with van der Waals surface area (Å²) in [5, 5.41) is 0. The second kappa shape index (κ2) is 9.77. The lowest BCUT2D eigenvalue weighted by atomic mass is 9.93. The lowest BCUT2D eigenvalue weighted by molar-refractivity contribution is -0.169. The first-order chi connectivity index (χ1) is 18.1. The summed E-state index contributed by atoms with van der Waals surface area (Å²) in [4.78, 5) is 44.4. The molecule has 2 heterocycles. The summed E-state index contributed by atoms with van der Waals surface area (Å²) >= 11 is 0. The van der Waals surface area contributed by atoms with E-state index in [1.807, 2.05) is 36.4 Å². The minimum atomic E-state index is -5.15. The molecule has 0 saturated carbocycles. The monoisotopic (exact) mass is 520 g/mol. The van der Waals surface area contributed by atoms with E-state index in [1.54, 1.807) is 40.1 Å². The molecule has 1 saturated heterocycles. The quantitative estimate of drug-likeness (QED) is 0.419. The maximum absolute atomic E-state index is 13.6. The number of carbonyl (C=O) groups is 3. The number of aliphatic imine (C=N–C) groups is 1. The van der Waals surface area contributed by atoms with Gasteiger partial charge in [0.15, 0.2) is 0 Å². The number of nitrogens with two attached hydrogens (primary N) is 1. The second-order valence-electron chi connectivity index (χ2n) is 9.27. The molecule has 2 aliphatic rings. The van der Waals surface area contributed by atoms with Crippen molar-refractivity contribution in [3.05, 3.63) is 107 Å². The first kappa shape index (κ1) is 25.2. The Kier molecular flexibility index (Phi) is 6.48. The van der Waals surface area contributed by atoms with Crippen LogP contribution < -0.4 is 5.73 Å². The van der Waals surface area contributed by atoms with Crippen LogP contribution in [0.3, 0.4) is 0 Å². The van der Waals surface area contributed by atoms with E-state index in [9.17, 15) is 27.6 Å². The Morgan fingerprint density at radius 3 is 2.21 bits per heavy atom. The highest BCUT2D eigenvalue weighted by Crippen LogP contribution is 2.36. The van der Waals surface area contributed by atoms with Crippen molar-refractivity contribution in [3.63, 3.8) is 0 Å². The Morgan fingerprint density at radius 2 is 1.55 bits per heavy atom. The highest BCUT2D eigenvalue weighted by molar-refractivity contribution is 6.07. The molecular weight excluding hydrogens is 497 g/mol. The molecule has 2 aliphatic heterocycles. The lowest BCUT2D eigenvalue weighted by Gasteiger charge is -2.28. The zero-order valence-electron chi connectivity index (χ0n) is 20.1. The van der Waals surface area contributed by atoms with Crippen LogP contribution in [0, 0.1) is 0 Å². The van der Waals surface area contributed by atoms with Gasteiger partial charge in [-0.05, 0) is 29.3 Å². The molecule has 194 valence electrons. The molecule has 3 amide bonds. The third-order valence-electron chi connectivity index (χ3n) is 6.93. The summed E-state index contributed by atoms with van der Waals surface area (Å²) in [5.74, 6) is -3.53. The van der Waals surface area contributed by atoms with E-state index in [2.05, 4.69) is 4.99 Å². The second-order valence-corrected chi connectivity index (χ2v) is 9.27. The minimum Gasteiger partial charge on any atom is -0.383 e. The SMILES string of the molecule is NC(=NC(=O)C(F)(F)F)c1ccc2c(c1)C(=O)N(C1CN(C(=O)c3ccccc3)CC1c1ccccc1)C2. The fourth-order valence-corrected chi connectivity index (χ4v) is 5.05. The van der Waals surface area contributed by atoms with Crippen LogP contribution in [0.25, 0.3) is 0 Å². The maximum Gasteiger partial charge on any atom is 0.473 e. The van der Waals surface area contributed by atoms with Gasteiger partial charge in [0.25, 0.3) is 11.8 Å². The molecule has 0 radical (unpaired) electrons. The molecule has 0 spiro atoms. The van der Waals surface area contributed by atoms with Crippen LogP contribution in [0.5, 0.6) is 0 Å². The highest BCUT2D eigenvalue weighted by atomic mass is 19.4. The van der Waals surface area contributed by atoms with Crippen LogP contribution in [0.1, 0.15) is 43.3 Å². The van der Waals surface area contributed by atoms with Gasteiger partial charge in [0.1, 0.15) is 5.84 Å². The summed E-state index contributed by atoms with van der Waals surface area (Å²) < 4.78 is 37.8. The van der Waals surface area contributed by atoms with E-state index in [0.29, 0.717) is 24.2 Å². The van der Waals surface area contributed by atoms with Crippen LogP contribution in [-0.2, 0) is 11.3 Å². The van der Waals surface area contributed by atoms with E-state index in [1.165, 1.54) is 12.1 Å². The molecule has 5 rings (SSSR count). The summed E-state index contributed by atoms with van der Waals surface area (Å²) in [5.41, 5.74) is 8.20. The highest BCUT2D eigenvalue weighted by Gasteiger charge is 2.44. The van der Waals surface area contributed by atoms with Gasteiger partial charge in [0.05, 0.1) is 6.04 Å². The van der Waals surface area contributed by atoms with Gasteiger partial charge in [-0.1, -0.05) is 60.7 Å². The molecule has 3 aromatic rings. The molecular formula is C28H23F3N4O3. The van der Waals surface area contributed by atoms with E-state index in [4.69, 9.17) is 5.73 Å². The Labute approximate surface area is 216 Å². The van der Waals surface area contributed by atoms with Gasteiger partial charge in [-0.3, -0.25) is 14.4 Å². The number of halogens is 3. The molecule has 1 fully saturated rings. The molecule has 0 aromatic heterocycles. The van der Waals surface area contributed by atoms with Crippen molar-refractivity contribution >= 4 is 23.6 Å². The molecule has 7 nitrogen and oxygen atoms in total. The zero-order valence-corrected chi connectivity index (χ0v) is 20.1. The third kappa shape index (κ3) is 4.77. The molecule has 2 atom stereocenters. The van der Waals surface area contributed by atoms with Gasteiger partial charge in [0.2, 0.25) is 0 Å². The number of amides is 3. The van der Waals surface area contributed by atoms with Crippen LogP contribution >= 0.6 is 0 Å². The number of hydrogen-bond acceptors (Lipinski definition) is 3. The minimum absolute atomic E-state index is 0.0449. The molecule has 38 heavy (non-hydrogen) atoms. The normalized spacial score (nSPS) is 19.6. The molecule has 0 bridgehead atoms. The van der Waals surface area contributed by atoms with E-state index in [0.717, 1.165) is 5.56 Å². The van der Waals surface area contributed by atoms with Gasteiger partial charge in [-0.2, -0.15) is 18.2 Å². The smallest absolute Gasteiger partial charge is 0.383 e. The Balaban J connectivity index is 1.43. The molecule has 10 heteroatoms. The maximum atomic E-state index is 13.6. The lowest BCUT2D eigenvalue weighted by Crippen LogP contribution is -2.41. The van der Waals surface area contributed by atoms with Crippen molar-refractivity contribution in [3.8, 4) is 0 Å². The van der Waals surface area contributed by atoms with E-state index in [-0.39, 0.29) is 41.4 Å². The van der Waals surface area contributed by atoms with E-state index >= 15 is 0 Å². The van der Waals surface area contributed by atoms with Crippen molar-refractivity contribution in [2.24, 2.45) is 10.7 Å². The van der Waals surface area contributed by atoms with Crippen molar-refractivity contribution in [1.82, 2.24) is 9.80 Å². The Morgan fingerprint density at radius 1 is 0.895 bits per heavy atom. The zero-order chi connectivity index (χ0) is 27.0. The molecule has 2 unspecified atom stereocenters. The number of likely N-dealkylation sites (tertiary alicyclic amines) is 1. The number of rotatable bonds is 4. The summed E-state index contributed by atoms with van der Waals surface area (Å²) in [6.07, 6.45) is -5.15. The summed E-state index contributed by atoms with van der Waals surface area (Å²) in [6, 6.07) is 22.6. The molecule has 0 aliphatic carbocycles. The van der Waals surface area contributed by atoms with Crippen molar-refractivity contribution in [1.29, 1.82) is 0 Å². The average molecular weight is 521 g/mol. The number of hydrogen-bond donors (Lipinski definition) is 1. The largest absolute Gasteiger partial charge is 0.473 e. The van der Waals surface area contributed by atoms with Crippen LogP contribution in [-0.4, -0.2) is 58.7 Å². The predicted octanol–water partition coefficient (Wildman–Crippen LogP) is 3.75. The number of nitrogens with zero attached hydrogens (tertiary/aromatic N) is 3. The topological polar surface area (TPSA) is 96.1 Å². The van der Waals surface area contributed by atoms with Gasteiger partial charge >= 0.3 is 12.1 Å². The van der Waals surface area contributed by atoms with Gasteiger partial charge in [-0.25, -0.2) is 0 Å². The molecule has 2 N–H and O–H groups in total. The third-order valence-corrected chi connectivity index (χ3v) is 6.93. The number of benzene rings is 3. The van der Waals surface area contributed by atoms with Gasteiger partial charge in [-0.15, -0.1) is 0 Å². The number of amidine groups is 1. The molecule has 3 aromatic carbocycles. The standard InChI is InChI=1S/C28H23F3N4O3/c29-28(30,31)27(38)33-24(32)19-11-12-20-14-35(26(37)21(20)13-19)23-16-34(25(36)18-9-5-2-6-10-18)15-22(23)17-7-3-1-4-8-17/h1-13,22-23H,14-16H2,(H2,32,33,38). The van der Waals surface area contributed by atoms with Crippen molar-refractivity contribution in [2.75, 3.05) is 13.1 Å². The number of carbonyl (C=O) groups excluding carboxylic acids is 3. The van der Waals surface area contributed by atoms with Gasteiger partial charge < -0.3 is 15.5 Å². The average Bonchev–Trinajstić information content (AvgIpc) is 3.50. The first-order valence-electron chi connectivity index (χ1n) is 11.9. The first-order valence-corrected chi connectivity index (χ1v) is 11.9.